The number of esters is 1. The van der Waals surface area contributed by atoms with Crippen molar-refractivity contribution >= 4 is 23.2 Å². The van der Waals surface area contributed by atoms with Crippen molar-refractivity contribution in [3.8, 4) is 0 Å². The normalized spacial score (nSPS) is 10.2. The zero-order chi connectivity index (χ0) is 18.6. The molecule has 8 nitrogen and oxygen atoms in total. The molecule has 25 heavy (non-hydrogen) atoms. The van der Waals surface area contributed by atoms with Crippen molar-refractivity contribution in [2.45, 2.75) is 13.5 Å². The molecule has 1 aromatic heterocycles. The highest BCUT2D eigenvalue weighted by atomic mass is 16.6. The fourth-order valence-electron chi connectivity index (χ4n) is 2.29. The molecular weight excluding hydrogens is 324 g/mol. The van der Waals surface area contributed by atoms with Crippen molar-refractivity contribution in [3.05, 3.63) is 57.3 Å². The number of anilines is 2. The molecule has 0 saturated carbocycles. The molecule has 0 spiro atoms. The molecule has 0 amide bonds. The van der Waals surface area contributed by atoms with Gasteiger partial charge >= 0.3 is 11.7 Å². The van der Waals surface area contributed by atoms with Crippen LogP contribution in [0.1, 0.15) is 21.5 Å². The van der Waals surface area contributed by atoms with Gasteiger partial charge in [-0.05, 0) is 30.2 Å². The van der Waals surface area contributed by atoms with Gasteiger partial charge in [0.2, 0.25) is 5.82 Å². The quantitative estimate of drug-likeness (QED) is 0.489. The van der Waals surface area contributed by atoms with Gasteiger partial charge in [-0.25, -0.2) is 9.78 Å². The number of carbonyl (C=O) groups excluding carboxylic acids is 1. The Balaban J connectivity index is 2.23. The summed E-state index contributed by atoms with van der Waals surface area (Å²) in [6.45, 7) is 2.36. The van der Waals surface area contributed by atoms with Crippen molar-refractivity contribution in [2.24, 2.45) is 0 Å². The van der Waals surface area contributed by atoms with E-state index >= 15 is 0 Å². The number of methoxy groups -OCH3 is 1. The summed E-state index contributed by atoms with van der Waals surface area (Å²) in [6, 6.07) is 7.14. The first-order valence-corrected chi connectivity index (χ1v) is 7.57. The van der Waals surface area contributed by atoms with Gasteiger partial charge in [0.15, 0.2) is 0 Å². The van der Waals surface area contributed by atoms with Gasteiger partial charge in [0.25, 0.3) is 0 Å². The van der Waals surface area contributed by atoms with Gasteiger partial charge in [-0.3, -0.25) is 10.1 Å². The van der Waals surface area contributed by atoms with Crippen LogP contribution < -0.4 is 10.2 Å². The van der Waals surface area contributed by atoms with E-state index in [1.54, 1.807) is 0 Å². The molecule has 0 unspecified atom stereocenters. The first-order chi connectivity index (χ1) is 11.8. The number of nitrogens with zero attached hydrogens (tertiary/aromatic N) is 3. The minimum atomic E-state index is -0.669. The van der Waals surface area contributed by atoms with Crippen LogP contribution in [0.5, 0.6) is 0 Å². The fourth-order valence-corrected chi connectivity index (χ4v) is 2.29. The average molecular weight is 344 g/mol. The maximum Gasteiger partial charge on any atom is 0.339 e. The Morgan fingerprint density at radius 2 is 2.08 bits per heavy atom. The Morgan fingerprint density at radius 1 is 1.36 bits per heavy atom. The van der Waals surface area contributed by atoms with E-state index in [-0.39, 0.29) is 17.1 Å². The molecule has 2 rings (SSSR count). The molecule has 0 aliphatic rings. The second-order valence-corrected chi connectivity index (χ2v) is 5.70. The number of nitrogens with one attached hydrogen (secondary N) is 1. The topological polar surface area (TPSA) is 97.6 Å². The smallest absolute Gasteiger partial charge is 0.339 e. The van der Waals surface area contributed by atoms with Gasteiger partial charge in [0.05, 0.1) is 17.6 Å². The molecule has 8 heteroatoms. The number of carbonyl (C=O) groups is 1. The van der Waals surface area contributed by atoms with Gasteiger partial charge in [-0.2, -0.15) is 0 Å². The van der Waals surface area contributed by atoms with Crippen LogP contribution in [0.3, 0.4) is 0 Å². The van der Waals surface area contributed by atoms with E-state index in [9.17, 15) is 14.9 Å². The van der Waals surface area contributed by atoms with Crippen LogP contribution in [0, 0.1) is 17.0 Å². The highest BCUT2D eigenvalue weighted by molar-refractivity contribution is 5.90. The first-order valence-electron chi connectivity index (χ1n) is 7.57. The predicted molar refractivity (Wildman–Crippen MR) is 95.1 cm³/mol. The van der Waals surface area contributed by atoms with Crippen molar-refractivity contribution < 1.29 is 14.5 Å². The standard InChI is InChI=1S/C17H20N4O4/c1-11-7-14(20(2)3)6-5-12(11)9-18-16-15(21(23)24)8-13(10-19-16)17(22)25-4/h5-8,10H,9H2,1-4H3,(H,18,19). The van der Waals surface area contributed by atoms with Crippen molar-refractivity contribution in [1.82, 2.24) is 4.98 Å². The molecule has 0 radical (unpaired) electrons. The largest absolute Gasteiger partial charge is 0.465 e. The van der Waals surface area contributed by atoms with E-state index in [0.29, 0.717) is 6.54 Å². The van der Waals surface area contributed by atoms with E-state index in [1.807, 2.05) is 44.1 Å². The number of nitro groups is 1. The van der Waals surface area contributed by atoms with Crippen LogP contribution in [0.2, 0.25) is 0 Å². The van der Waals surface area contributed by atoms with Crippen LogP contribution in [-0.2, 0) is 11.3 Å². The number of aryl methyl sites for hydroxylation is 1. The Morgan fingerprint density at radius 3 is 2.64 bits per heavy atom. The Hall–Kier alpha value is -3.16. The molecule has 0 bridgehead atoms. The van der Waals surface area contributed by atoms with E-state index in [4.69, 9.17) is 0 Å². The molecule has 1 aromatic carbocycles. The maximum atomic E-state index is 11.5. The van der Waals surface area contributed by atoms with Gasteiger partial charge in [-0.1, -0.05) is 6.07 Å². The molecule has 0 fully saturated rings. The zero-order valence-corrected chi connectivity index (χ0v) is 14.6. The molecule has 1 heterocycles. The number of rotatable bonds is 6. The van der Waals surface area contributed by atoms with Gasteiger partial charge in [-0.15, -0.1) is 0 Å². The summed E-state index contributed by atoms with van der Waals surface area (Å²) in [4.78, 5) is 28.2. The summed E-state index contributed by atoms with van der Waals surface area (Å²) in [5, 5.41) is 14.2. The number of hydrogen-bond acceptors (Lipinski definition) is 7. The second-order valence-electron chi connectivity index (χ2n) is 5.70. The van der Waals surface area contributed by atoms with Crippen LogP contribution in [-0.4, -0.2) is 37.1 Å². The fraction of sp³-hybridized carbons (Fsp3) is 0.294. The number of pyridine rings is 1. The Bertz CT molecular complexity index is 805. The zero-order valence-electron chi connectivity index (χ0n) is 14.6. The van der Waals surface area contributed by atoms with Gasteiger partial charge in [0.1, 0.15) is 0 Å². The monoisotopic (exact) mass is 344 g/mol. The highest BCUT2D eigenvalue weighted by Gasteiger charge is 2.19. The third kappa shape index (κ3) is 4.23. The van der Waals surface area contributed by atoms with E-state index < -0.39 is 10.9 Å². The molecule has 0 saturated heterocycles. The van der Waals surface area contributed by atoms with Crippen LogP contribution >= 0.6 is 0 Å². The summed E-state index contributed by atoms with van der Waals surface area (Å²) in [5.41, 5.74) is 2.90. The number of aromatic nitrogens is 1. The molecule has 2 aromatic rings. The van der Waals surface area contributed by atoms with Gasteiger partial charge in [0, 0.05) is 38.6 Å². The van der Waals surface area contributed by atoms with E-state index in [2.05, 4.69) is 15.0 Å². The Labute approximate surface area is 145 Å². The van der Waals surface area contributed by atoms with Gasteiger partial charge < -0.3 is 15.0 Å². The predicted octanol–water partition coefficient (Wildman–Crippen LogP) is 2.76. The minimum Gasteiger partial charge on any atom is -0.465 e. The Kier molecular flexibility index (Phi) is 5.53. The second kappa shape index (κ2) is 7.61. The van der Waals surface area contributed by atoms with E-state index in [0.717, 1.165) is 22.9 Å². The third-order valence-electron chi connectivity index (χ3n) is 3.77. The van der Waals surface area contributed by atoms with E-state index in [1.165, 1.54) is 13.3 Å². The number of benzene rings is 1. The van der Waals surface area contributed by atoms with Crippen molar-refractivity contribution in [2.75, 3.05) is 31.4 Å². The average Bonchev–Trinajstić information content (AvgIpc) is 2.59. The summed E-state index contributed by atoms with van der Waals surface area (Å²) in [5.74, 6) is -0.564. The molecule has 0 aliphatic carbocycles. The summed E-state index contributed by atoms with van der Waals surface area (Å²) in [6.07, 6.45) is 1.25. The number of ether oxygens (including phenoxy) is 1. The highest BCUT2D eigenvalue weighted by Crippen LogP contribution is 2.25. The number of hydrogen-bond donors (Lipinski definition) is 1. The lowest BCUT2D eigenvalue weighted by atomic mass is 10.1. The lowest BCUT2D eigenvalue weighted by Crippen LogP contribution is -2.11. The van der Waals surface area contributed by atoms with Crippen molar-refractivity contribution in [1.29, 1.82) is 0 Å². The van der Waals surface area contributed by atoms with Crippen LogP contribution in [0.15, 0.2) is 30.5 Å². The third-order valence-corrected chi connectivity index (χ3v) is 3.77. The van der Waals surface area contributed by atoms with Crippen LogP contribution in [0.4, 0.5) is 17.2 Å². The molecule has 132 valence electrons. The lowest BCUT2D eigenvalue weighted by Gasteiger charge is -2.15. The van der Waals surface area contributed by atoms with Crippen LogP contribution in [0.25, 0.3) is 0 Å². The molecule has 0 aliphatic heterocycles. The molecular formula is C17H20N4O4. The summed E-state index contributed by atoms with van der Waals surface area (Å²) in [7, 11) is 5.13. The maximum absolute atomic E-state index is 11.5. The minimum absolute atomic E-state index is 0.0336. The SMILES string of the molecule is COC(=O)c1cnc(NCc2ccc(N(C)C)cc2C)c([N+](=O)[O-])c1. The van der Waals surface area contributed by atoms with Crippen molar-refractivity contribution in [3.63, 3.8) is 0 Å². The summed E-state index contributed by atoms with van der Waals surface area (Å²) < 4.78 is 4.56. The molecule has 0 atom stereocenters. The first kappa shape index (κ1) is 18.2. The summed E-state index contributed by atoms with van der Waals surface area (Å²) >= 11 is 0. The lowest BCUT2D eigenvalue weighted by molar-refractivity contribution is -0.384. The molecule has 1 N–H and O–H groups in total.